The Morgan fingerprint density at radius 2 is 2.05 bits per heavy atom. The van der Waals surface area contributed by atoms with Crippen LogP contribution in [0, 0.1) is 19.3 Å². The van der Waals surface area contributed by atoms with Gasteiger partial charge in [0.15, 0.2) is 0 Å². The van der Waals surface area contributed by atoms with E-state index in [0.29, 0.717) is 18.7 Å². The van der Waals surface area contributed by atoms with Gasteiger partial charge in [-0.1, -0.05) is 31.5 Å². The number of hydrogen-bond donors (Lipinski definition) is 2. The maximum Gasteiger partial charge on any atom is 0.230 e. The fourth-order valence-corrected chi connectivity index (χ4v) is 2.74. The fraction of sp³-hybridized carbons (Fsp3) is 0.562. The molecule has 2 N–H and O–H groups in total. The minimum Gasteiger partial charge on any atom is -0.396 e. The molecule has 0 aliphatic rings. The zero-order valence-electron chi connectivity index (χ0n) is 12.8. The average molecular weight is 295 g/mol. The lowest BCUT2D eigenvalue weighted by molar-refractivity contribution is -0.119. The zero-order chi connectivity index (χ0) is 15.2. The zero-order valence-corrected chi connectivity index (χ0v) is 13.6. The molecular weight excluding hydrogens is 270 g/mol. The Morgan fingerprint density at radius 1 is 1.35 bits per heavy atom. The maximum absolute atomic E-state index is 11.9. The fourth-order valence-electron chi connectivity index (χ4n) is 1.79. The lowest BCUT2D eigenvalue weighted by Gasteiger charge is -2.23. The van der Waals surface area contributed by atoms with Crippen LogP contribution in [-0.2, 0) is 4.79 Å². The largest absolute Gasteiger partial charge is 0.396 e. The van der Waals surface area contributed by atoms with E-state index in [4.69, 9.17) is 5.11 Å². The SMILES string of the molecule is Cc1ccc(C)c(SCC(=O)NCC(C)(C)CCO)c1. The second-order valence-electron chi connectivity index (χ2n) is 5.97. The first-order valence-electron chi connectivity index (χ1n) is 6.92. The molecule has 0 aliphatic heterocycles. The van der Waals surface area contributed by atoms with Gasteiger partial charge in [-0.15, -0.1) is 11.8 Å². The second kappa shape index (κ2) is 7.70. The molecule has 0 aromatic heterocycles. The number of carbonyl (C=O) groups is 1. The predicted molar refractivity (Wildman–Crippen MR) is 85.1 cm³/mol. The molecule has 0 atom stereocenters. The van der Waals surface area contributed by atoms with Crippen LogP contribution in [0.5, 0.6) is 0 Å². The first-order valence-corrected chi connectivity index (χ1v) is 7.90. The third-order valence-corrected chi connectivity index (χ3v) is 4.41. The lowest BCUT2D eigenvalue weighted by atomic mass is 9.90. The van der Waals surface area contributed by atoms with Gasteiger partial charge >= 0.3 is 0 Å². The molecule has 0 heterocycles. The topological polar surface area (TPSA) is 49.3 Å². The van der Waals surface area contributed by atoms with Crippen LogP contribution in [0.3, 0.4) is 0 Å². The van der Waals surface area contributed by atoms with Gasteiger partial charge in [-0.2, -0.15) is 0 Å². The molecule has 1 aromatic rings. The number of amides is 1. The highest BCUT2D eigenvalue weighted by Gasteiger charge is 2.18. The van der Waals surface area contributed by atoms with Crippen LogP contribution in [0.25, 0.3) is 0 Å². The summed E-state index contributed by atoms with van der Waals surface area (Å²) >= 11 is 1.57. The second-order valence-corrected chi connectivity index (χ2v) is 6.99. The van der Waals surface area contributed by atoms with Gasteiger partial charge < -0.3 is 10.4 Å². The Morgan fingerprint density at radius 3 is 2.70 bits per heavy atom. The molecule has 0 unspecified atom stereocenters. The molecule has 4 heteroatoms. The van der Waals surface area contributed by atoms with E-state index in [0.717, 1.165) is 4.90 Å². The van der Waals surface area contributed by atoms with Gasteiger partial charge in [-0.25, -0.2) is 0 Å². The Hall–Kier alpha value is -1.00. The van der Waals surface area contributed by atoms with Crippen LogP contribution >= 0.6 is 11.8 Å². The van der Waals surface area contributed by atoms with Crippen LogP contribution in [-0.4, -0.2) is 29.9 Å². The summed E-state index contributed by atoms with van der Waals surface area (Å²) in [6.45, 7) is 8.95. The number of nitrogens with one attached hydrogen (secondary N) is 1. The van der Waals surface area contributed by atoms with Crippen molar-refractivity contribution in [3.63, 3.8) is 0 Å². The van der Waals surface area contributed by atoms with Crippen molar-refractivity contribution in [1.29, 1.82) is 0 Å². The van der Waals surface area contributed by atoms with Crippen molar-refractivity contribution in [2.45, 2.75) is 39.0 Å². The van der Waals surface area contributed by atoms with Crippen molar-refractivity contribution in [3.8, 4) is 0 Å². The van der Waals surface area contributed by atoms with Crippen molar-refractivity contribution in [2.24, 2.45) is 5.41 Å². The normalized spacial score (nSPS) is 11.4. The number of aliphatic hydroxyl groups is 1. The van der Waals surface area contributed by atoms with Crippen LogP contribution in [0.2, 0.25) is 0 Å². The summed E-state index contributed by atoms with van der Waals surface area (Å²) in [5.74, 6) is 0.474. The van der Waals surface area contributed by atoms with Gasteiger partial charge in [0, 0.05) is 18.0 Å². The quantitative estimate of drug-likeness (QED) is 0.760. The summed E-state index contributed by atoms with van der Waals surface area (Å²) in [6.07, 6.45) is 0.692. The van der Waals surface area contributed by atoms with Crippen molar-refractivity contribution in [2.75, 3.05) is 18.9 Å². The summed E-state index contributed by atoms with van der Waals surface area (Å²) < 4.78 is 0. The average Bonchev–Trinajstić information content (AvgIpc) is 2.37. The molecule has 3 nitrogen and oxygen atoms in total. The van der Waals surface area contributed by atoms with Gasteiger partial charge in [0.1, 0.15) is 0 Å². The molecule has 20 heavy (non-hydrogen) atoms. The Kier molecular flexibility index (Phi) is 6.56. The standard InChI is InChI=1S/C16H25NO2S/c1-12-5-6-13(2)14(9-12)20-10-15(19)17-11-16(3,4)7-8-18/h5-6,9,18H,7-8,10-11H2,1-4H3,(H,17,19). The molecule has 0 fully saturated rings. The van der Waals surface area contributed by atoms with Crippen molar-refractivity contribution in [1.82, 2.24) is 5.32 Å². The summed E-state index contributed by atoms with van der Waals surface area (Å²) in [5.41, 5.74) is 2.35. The first kappa shape index (κ1) is 17.1. The highest BCUT2D eigenvalue weighted by Crippen LogP contribution is 2.23. The minimum atomic E-state index is -0.0612. The number of aryl methyl sites for hydroxylation is 2. The molecule has 1 amide bonds. The smallest absolute Gasteiger partial charge is 0.230 e. The number of carbonyl (C=O) groups excluding carboxylic acids is 1. The number of rotatable bonds is 7. The van der Waals surface area contributed by atoms with Crippen molar-refractivity contribution in [3.05, 3.63) is 29.3 Å². The molecule has 1 rings (SSSR count). The Labute approximate surface area is 126 Å². The molecule has 1 aromatic carbocycles. The van der Waals surface area contributed by atoms with E-state index in [2.05, 4.69) is 37.4 Å². The summed E-state index contributed by atoms with van der Waals surface area (Å²) in [7, 11) is 0. The minimum absolute atomic E-state index is 0.0434. The van der Waals surface area contributed by atoms with E-state index in [-0.39, 0.29) is 17.9 Å². The predicted octanol–water partition coefficient (Wildman–Crippen LogP) is 2.92. The third-order valence-electron chi connectivity index (χ3n) is 3.26. The monoisotopic (exact) mass is 295 g/mol. The van der Waals surface area contributed by atoms with Crippen LogP contribution in [0.15, 0.2) is 23.1 Å². The molecule has 0 saturated carbocycles. The molecule has 0 spiro atoms. The molecular formula is C16H25NO2S. The van der Waals surface area contributed by atoms with Crippen molar-refractivity contribution >= 4 is 17.7 Å². The van der Waals surface area contributed by atoms with Gasteiger partial charge in [-0.3, -0.25) is 4.79 Å². The summed E-state index contributed by atoms with van der Waals surface area (Å²) in [5, 5.41) is 11.9. The van der Waals surface area contributed by atoms with Gasteiger partial charge in [-0.05, 0) is 37.3 Å². The number of thioether (sulfide) groups is 1. The van der Waals surface area contributed by atoms with Crippen LogP contribution < -0.4 is 5.32 Å². The molecule has 0 aliphatic carbocycles. The Bertz CT molecular complexity index is 458. The van der Waals surface area contributed by atoms with E-state index in [1.54, 1.807) is 11.8 Å². The van der Waals surface area contributed by atoms with Crippen molar-refractivity contribution < 1.29 is 9.90 Å². The van der Waals surface area contributed by atoms with Crippen LogP contribution in [0.4, 0.5) is 0 Å². The van der Waals surface area contributed by atoms with Gasteiger partial charge in [0.05, 0.1) is 5.75 Å². The van der Waals surface area contributed by atoms with Crippen LogP contribution in [0.1, 0.15) is 31.4 Å². The maximum atomic E-state index is 11.9. The summed E-state index contributed by atoms with van der Waals surface area (Å²) in [4.78, 5) is 13.0. The number of hydrogen-bond acceptors (Lipinski definition) is 3. The van der Waals surface area contributed by atoms with E-state index >= 15 is 0 Å². The van der Waals surface area contributed by atoms with E-state index < -0.39 is 0 Å². The highest BCUT2D eigenvalue weighted by atomic mass is 32.2. The van der Waals surface area contributed by atoms with E-state index in [1.165, 1.54) is 11.1 Å². The third kappa shape index (κ3) is 5.97. The number of aliphatic hydroxyl groups excluding tert-OH is 1. The first-order chi connectivity index (χ1) is 9.34. The summed E-state index contributed by atoms with van der Waals surface area (Å²) in [6, 6.07) is 6.28. The van der Waals surface area contributed by atoms with Gasteiger partial charge in [0.25, 0.3) is 0 Å². The number of benzene rings is 1. The molecule has 0 radical (unpaired) electrons. The highest BCUT2D eigenvalue weighted by molar-refractivity contribution is 8.00. The molecule has 112 valence electrons. The van der Waals surface area contributed by atoms with Gasteiger partial charge in [0.2, 0.25) is 5.91 Å². The van der Waals surface area contributed by atoms with E-state index in [1.807, 2.05) is 13.8 Å². The Balaban J connectivity index is 2.42. The molecule has 0 saturated heterocycles. The van der Waals surface area contributed by atoms with E-state index in [9.17, 15) is 4.79 Å². The lowest BCUT2D eigenvalue weighted by Crippen LogP contribution is -2.35. The molecule has 0 bridgehead atoms.